The Labute approximate surface area is 227 Å². The van der Waals surface area contributed by atoms with E-state index in [1.807, 2.05) is 66.7 Å². The summed E-state index contributed by atoms with van der Waals surface area (Å²) in [6.07, 6.45) is -0.0558. The lowest BCUT2D eigenvalue weighted by Crippen LogP contribution is -2.53. The lowest BCUT2D eigenvalue weighted by atomic mass is 9.98. The fraction of sp³-hybridized carbons (Fsp3) is 0.258. The van der Waals surface area contributed by atoms with Crippen molar-refractivity contribution < 1.29 is 29.0 Å². The molecule has 0 aliphatic heterocycles. The summed E-state index contributed by atoms with van der Waals surface area (Å²) in [6, 6.07) is 24.5. The molecule has 0 aromatic heterocycles. The molecule has 2 atom stereocenters. The Balaban J connectivity index is 1.42. The molecule has 0 radical (unpaired) electrons. The number of hydrogen-bond donors (Lipinski definition) is 3. The highest BCUT2D eigenvalue weighted by Crippen LogP contribution is 2.44. The Kier molecular flexibility index (Phi) is 9.12. The van der Waals surface area contributed by atoms with Crippen LogP contribution >= 0.6 is 0 Å². The van der Waals surface area contributed by atoms with Crippen LogP contribution in [0.4, 0.5) is 4.79 Å². The van der Waals surface area contributed by atoms with E-state index >= 15 is 0 Å². The van der Waals surface area contributed by atoms with Crippen molar-refractivity contribution in [3.05, 3.63) is 107 Å². The normalized spacial score (nSPS) is 14.1. The van der Waals surface area contributed by atoms with Gasteiger partial charge in [0.25, 0.3) is 0 Å². The molecule has 8 heteroatoms. The van der Waals surface area contributed by atoms with Crippen LogP contribution in [0.25, 0.3) is 11.1 Å². The Morgan fingerprint density at radius 2 is 1.51 bits per heavy atom. The molecule has 0 fully saturated rings. The highest BCUT2D eigenvalue weighted by atomic mass is 16.5. The molecule has 3 aromatic rings. The van der Waals surface area contributed by atoms with Gasteiger partial charge in [-0.05, 0) is 41.7 Å². The van der Waals surface area contributed by atoms with Crippen LogP contribution in [0.2, 0.25) is 0 Å². The van der Waals surface area contributed by atoms with Crippen molar-refractivity contribution >= 4 is 18.0 Å². The van der Waals surface area contributed by atoms with Gasteiger partial charge in [0.15, 0.2) is 0 Å². The monoisotopic (exact) mass is 528 g/mol. The maximum Gasteiger partial charge on any atom is 0.407 e. The highest BCUT2D eigenvalue weighted by molar-refractivity contribution is 5.87. The number of aliphatic carboxylic acids is 1. The van der Waals surface area contributed by atoms with E-state index in [4.69, 9.17) is 14.6 Å². The molecule has 0 saturated heterocycles. The number of ether oxygens (including phenoxy) is 2. The van der Waals surface area contributed by atoms with Crippen molar-refractivity contribution in [2.24, 2.45) is 0 Å². The molecule has 202 valence electrons. The van der Waals surface area contributed by atoms with Crippen molar-refractivity contribution in [3.8, 4) is 11.1 Å². The van der Waals surface area contributed by atoms with Crippen LogP contribution in [0, 0.1) is 0 Å². The molecule has 3 aromatic carbocycles. The minimum absolute atomic E-state index is 0.00869. The predicted octanol–water partition coefficient (Wildman–Crippen LogP) is 4.65. The van der Waals surface area contributed by atoms with Crippen molar-refractivity contribution in [1.82, 2.24) is 10.6 Å². The molecular weight excluding hydrogens is 496 g/mol. The molecule has 1 aliphatic rings. The van der Waals surface area contributed by atoms with Crippen molar-refractivity contribution in [3.63, 3.8) is 0 Å². The number of carbonyl (C=O) groups excluding carboxylic acids is 2. The van der Waals surface area contributed by atoms with Crippen LogP contribution in [-0.4, -0.2) is 48.4 Å². The van der Waals surface area contributed by atoms with E-state index in [2.05, 4.69) is 22.8 Å². The molecule has 8 nitrogen and oxygen atoms in total. The third-order valence-electron chi connectivity index (χ3n) is 6.75. The standard InChI is InChI=1S/C31H32N2O6/c1-20(30(35)36)16-17-32-29(34)28(21(2)38-18-22-10-4-3-5-11-22)33-31(37)39-19-27-25-14-8-6-12-23(25)24-13-7-9-15-26(24)27/h3-16,21,27-28H,17-19H2,1-2H3,(H,32,34)(H,33,37)(H,35,36)/b20-16+/t21-,28+/m0/s1. The summed E-state index contributed by atoms with van der Waals surface area (Å²) in [7, 11) is 0. The second kappa shape index (κ2) is 12.9. The van der Waals surface area contributed by atoms with Gasteiger partial charge < -0.3 is 25.2 Å². The summed E-state index contributed by atoms with van der Waals surface area (Å²) >= 11 is 0. The minimum atomic E-state index is -1.07. The zero-order valence-electron chi connectivity index (χ0n) is 21.9. The smallest absolute Gasteiger partial charge is 0.407 e. The summed E-state index contributed by atoms with van der Waals surface area (Å²) in [6.45, 7) is 3.47. The van der Waals surface area contributed by atoms with E-state index in [0.717, 1.165) is 27.8 Å². The molecule has 0 saturated carbocycles. The molecule has 3 N–H and O–H groups in total. The average molecular weight is 529 g/mol. The van der Waals surface area contributed by atoms with E-state index in [0.29, 0.717) is 0 Å². The van der Waals surface area contributed by atoms with Crippen molar-refractivity contribution in [2.45, 2.75) is 38.5 Å². The first-order valence-electron chi connectivity index (χ1n) is 12.8. The fourth-order valence-corrected chi connectivity index (χ4v) is 4.56. The Hall–Kier alpha value is -4.43. The second-order valence-corrected chi connectivity index (χ2v) is 9.39. The Morgan fingerprint density at radius 3 is 2.13 bits per heavy atom. The molecule has 0 spiro atoms. The quantitative estimate of drug-likeness (QED) is 0.312. The topological polar surface area (TPSA) is 114 Å². The van der Waals surface area contributed by atoms with Crippen LogP contribution < -0.4 is 10.6 Å². The number of rotatable bonds is 11. The number of carboxylic acid groups (broad SMARTS) is 1. The van der Waals surface area contributed by atoms with Crippen LogP contribution in [0.15, 0.2) is 90.5 Å². The maximum atomic E-state index is 13.0. The van der Waals surface area contributed by atoms with Crippen LogP contribution in [-0.2, 0) is 25.7 Å². The number of fused-ring (bicyclic) bond motifs is 3. The highest BCUT2D eigenvalue weighted by Gasteiger charge is 2.31. The number of alkyl carbamates (subject to hydrolysis) is 1. The third-order valence-corrected chi connectivity index (χ3v) is 6.75. The number of carbonyl (C=O) groups is 3. The van der Waals surface area contributed by atoms with E-state index in [1.165, 1.54) is 13.0 Å². The van der Waals surface area contributed by atoms with Crippen LogP contribution in [0.5, 0.6) is 0 Å². The summed E-state index contributed by atoms with van der Waals surface area (Å²) in [5, 5.41) is 14.3. The van der Waals surface area contributed by atoms with Gasteiger partial charge in [0.2, 0.25) is 5.91 Å². The minimum Gasteiger partial charge on any atom is -0.478 e. The molecule has 4 rings (SSSR count). The number of nitrogens with one attached hydrogen (secondary N) is 2. The summed E-state index contributed by atoms with van der Waals surface area (Å²) in [4.78, 5) is 37.0. The lowest BCUT2D eigenvalue weighted by molar-refractivity contribution is -0.132. The van der Waals surface area contributed by atoms with Crippen LogP contribution in [0.1, 0.15) is 36.5 Å². The molecule has 0 heterocycles. The maximum absolute atomic E-state index is 13.0. The molecule has 1 aliphatic carbocycles. The largest absolute Gasteiger partial charge is 0.478 e. The summed E-state index contributed by atoms with van der Waals surface area (Å²) in [5.41, 5.74) is 5.43. The molecule has 2 amide bonds. The van der Waals surface area contributed by atoms with Gasteiger partial charge in [-0.3, -0.25) is 4.79 Å². The van der Waals surface area contributed by atoms with Gasteiger partial charge in [-0.25, -0.2) is 9.59 Å². The second-order valence-electron chi connectivity index (χ2n) is 9.39. The third kappa shape index (κ3) is 6.91. The number of amides is 2. The van der Waals surface area contributed by atoms with E-state index in [-0.39, 0.29) is 31.2 Å². The van der Waals surface area contributed by atoms with Gasteiger partial charge in [0.1, 0.15) is 12.6 Å². The predicted molar refractivity (Wildman–Crippen MR) is 147 cm³/mol. The lowest BCUT2D eigenvalue weighted by Gasteiger charge is -2.25. The number of benzene rings is 3. The van der Waals surface area contributed by atoms with E-state index in [1.54, 1.807) is 6.92 Å². The molecule has 0 bridgehead atoms. The first kappa shape index (κ1) is 27.6. The zero-order valence-corrected chi connectivity index (χ0v) is 21.9. The van der Waals surface area contributed by atoms with Gasteiger partial charge in [-0.1, -0.05) is 84.9 Å². The average Bonchev–Trinajstić information content (AvgIpc) is 3.27. The fourth-order valence-electron chi connectivity index (χ4n) is 4.56. The molecular formula is C31H32N2O6. The first-order valence-corrected chi connectivity index (χ1v) is 12.8. The molecule has 0 unspecified atom stereocenters. The van der Waals surface area contributed by atoms with E-state index in [9.17, 15) is 14.4 Å². The first-order chi connectivity index (χ1) is 18.8. The zero-order chi connectivity index (χ0) is 27.8. The molecule has 39 heavy (non-hydrogen) atoms. The van der Waals surface area contributed by atoms with Crippen LogP contribution in [0.3, 0.4) is 0 Å². The van der Waals surface area contributed by atoms with Gasteiger partial charge in [0, 0.05) is 18.0 Å². The summed E-state index contributed by atoms with van der Waals surface area (Å²) < 4.78 is 11.5. The van der Waals surface area contributed by atoms with Crippen molar-refractivity contribution in [1.29, 1.82) is 0 Å². The SMILES string of the molecule is C/C(=C\CNC(=O)[C@H](NC(=O)OCC1c2ccccc2-c2ccccc21)[C@H](C)OCc1ccccc1)C(=O)O. The number of hydrogen-bond acceptors (Lipinski definition) is 5. The van der Waals surface area contributed by atoms with Gasteiger partial charge in [0.05, 0.1) is 12.7 Å². The summed E-state index contributed by atoms with van der Waals surface area (Å²) in [5.74, 6) is -1.71. The van der Waals surface area contributed by atoms with Gasteiger partial charge in [-0.2, -0.15) is 0 Å². The van der Waals surface area contributed by atoms with Gasteiger partial charge >= 0.3 is 12.1 Å². The van der Waals surface area contributed by atoms with Gasteiger partial charge in [-0.15, -0.1) is 0 Å². The number of carboxylic acids is 1. The Bertz CT molecular complexity index is 1310. The van der Waals surface area contributed by atoms with E-state index < -0.39 is 30.1 Å². The van der Waals surface area contributed by atoms with Crippen molar-refractivity contribution in [2.75, 3.05) is 13.2 Å². The Morgan fingerprint density at radius 1 is 0.923 bits per heavy atom.